The summed E-state index contributed by atoms with van der Waals surface area (Å²) in [5, 5.41) is 14.4. The van der Waals surface area contributed by atoms with Gasteiger partial charge >= 0.3 is 5.97 Å². The zero-order chi connectivity index (χ0) is 22.1. The predicted octanol–water partition coefficient (Wildman–Crippen LogP) is 4.19. The second-order valence-electron chi connectivity index (χ2n) is 7.79. The minimum Gasteiger partial charge on any atom is -0.480 e. The molecule has 1 atom stereocenters. The smallest absolute Gasteiger partial charge is 0.326 e. The summed E-state index contributed by atoms with van der Waals surface area (Å²) in [5.74, 6) is -1.41. The Balaban J connectivity index is 1.58. The molecular formula is C26H21N3O3. The van der Waals surface area contributed by atoms with Gasteiger partial charge in [0.15, 0.2) is 5.69 Å². The quantitative estimate of drug-likeness (QED) is 0.534. The Bertz CT molecular complexity index is 1230. The number of rotatable bonds is 4. The molecule has 0 saturated heterocycles. The highest BCUT2D eigenvalue weighted by atomic mass is 16.4. The van der Waals surface area contributed by atoms with E-state index in [0.717, 1.165) is 28.1 Å². The van der Waals surface area contributed by atoms with Crippen LogP contribution in [0.25, 0.3) is 16.9 Å². The van der Waals surface area contributed by atoms with Crippen molar-refractivity contribution >= 4 is 11.9 Å². The molecule has 32 heavy (non-hydrogen) atoms. The van der Waals surface area contributed by atoms with Crippen LogP contribution in [0.4, 0.5) is 0 Å². The van der Waals surface area contributed by atoms with Crippen LogP contribution < -0.4 is 0 Å². The van der Waals surface area contributed by atoms with Gasteiger partial charge in [-0.3, -0.25) is 4.79 Å². The molecule has 5 rings (SSSR count). The molecule has 0 bridgehead atoms. The van der Waals surface area contributed by atoms with Gasteiger partial charge in [-0.1, -0.05) is 72.8 Å². The fourth-order valence-electron chi connectivity index (χ4n) is 4.17. The van der Waals surface area contributed by atoms with Crippen LogP contribution in [0.5, 0.6) is 0 Å². The van der Waals surface area contributed by atoms with E-state index in [1.165, 1.54) is 4.90 Å². The van der Waals surface area contributed by atoms with Gasteiger partial charge in [0.1, 0.15) is 6.04 Å². The van der Waals surface area contributed by atoms with E-state index in [4.69, 9.17) is 0 Å². The first-order valence-electron chi connectivity index (χ1n) is 10.4. The monoisotopic (exact) mass is 423 g/mol. The summed E-state index contributed by atoms with van der Waals surface area (Å²) in [7, 11) is 0. The molecule has 0 aliphatic carbocycles. The second-order valence-corrected chi connectivity index (χ2v) is 7.79. The van der Waals surface area contributed by atoms with Gasteiger partial charge in [0.2, 0.25) is 0 Å². The molecule has 158 valence electrons. The molecule has 1 amide bonds. The van der Waals surface area contributed by atoms with Crippen molar-refractivity contribution in [3.05, 3.63) is 108 Å². The Labute approximate surface area is 185 Å². The molecular weight excluding hydrogens is 402 g/mol. The van der Waals surface area contributed by atoms with Gasteiger partial charge in [0.05, 0.1) is 11.4 Å². The van der Waals surface area contributed by atoms with Gasteiger partial charge < -0.3 is 10.0 Å². The van der Waals surface area contributed by atoms with E-state index in [0.29, 0.717) is 0 Å². The molecule has 6 nitrogen and oxygen atoms in total. The Morgan fingerprint density at radius 1 is 0.844 bits per heavy atom. The fraction of sp³-hybridized carbons (Fsp3) is 0.115. The van der Waals surface area contributed by atoms with E-state index in [2.05, 4.69) is 5.10 Å². The summed E-state index contributed by atoms with van der Waals surface area (Å²) in [5.41, 5.74) is 4.65. The second kappa shape index (κ2) is 8.15. The van der Waals surface area contributed by atoms with E-state index >= 15 is 0 Å². The Morgan fingerprint density at radius 3 is 2.16 bits per heavy atom. The minimum absolute atomic E-state index is 0.221. The summed E-state index contributed by atoms with van der Waals surface area (Å²) in [6.45, 7) is 0.241. The molecule has 0 radical (unpaired) electrons. The first-order chi connectivity index (χ1) is 15.6. The number of carbonyl (C=O) groups is 2. The third-order valence-electron chi connectivity index (χ3n) is 5.79. The number of carboxylic acids is 1. The van der Waals surface area contributed by atoms with Crippen LogP contribution in [-0.4, -0.2) is 37.7 Å². The maximum absolute atomic E-state index is 13.5. The third kappa shape index (κ3) is 3.56. The number of amides is 1. The third-order valence-corrected chi connectivity index (χ3v) is 5.79. The Morgan fingerprint density at radius 2 is 1.47 bits per heavy atom. The number of nitrogens with zero attached hydrogens (tertiary/aromatic N) is 3. The lowest BCUT2D eigenvalue weighted by atomic mass is 9.93. The molecule has 0 spiro atoms. The van der Waals surface area contributed by atoms with Gasteiger partial charge in [-0.05, 0) is 29.3 Å². The predicted molar refractivity (Wildman–Crippen MR) is 120 cm³/mol. The van der Waals surface area contributed by atoms with Crippen LogP contribution >= 0.6 is 0 Å². The molecule has 6 heteroatoms. The molecule has 4 aromatic rings. The van der Waals surface area contributed by atoms with Crippen molar-refractivity contribution < 1.29 is 14.7 Å². The lowest BCUT2D eigenvalue weighted by molar-refractivity contribution is -0.142. The standard InChI is InChI=1S/C26H21N3O3/c30-25(28-17-20-12-8-7-11-19(20)15-24(28)26(31)32)22-16-23(18-9-3-1-4-10-18)29(27-22)21-13-5-2-6-14-21/h1-14,16,24H,15,17H2,(H,31,32). The molecule has 1 aromatic heterocycles. The lowest BCUT2D eigenvalue weighted by Gasteiger charge is -2.34. The number of carbonyl (C=O) groups excluding carboxylic acids is 1. The Hall–Kier alpha value is -4.19. The van der Waals surface area contributed by atoms with Crippen LogP contribution in [0.2, 0.25) is 0 Å². The van der Waals surface area contributed by atoms with Crippen LogP contribution in [0.3, 0.4) is 0 Å². The maximum atomic E-state index is 13.5. The largest absolute Gasteiger partial charge is 0.480 e. The van der Waals surface area contributed by atoms with Gasteiger partial charge in [-0.25, -0.2) is 9.48 Å². The molecule has 3 aromatic carbocycles. The lowest BCUT2D eigenvalue weighted by Crippen LogP contribution is -2.48. The number of aromatic nitrogens is 2. The van der Waals surface area contributed by atoms with E-state index in [9.17, 15) is 14.7 Å². The van der Waals surface area contributed by atoms with E-state index in [-0.39, 0.29) is 18.7 Å². The normalized spacial score (nSPS) is 15.2. The molecule has 1 aliphatic rings. The van der Waals surface area contributed by atoms with Crippen molar-refractivity contribution in [2.75, 3.05) is 0 Å². The number of fused-ring (bicyclic) bond motifs is 1. The first-order valence-corrected chi connectivity index (χ1v) is 10.4. The summed E-state index contributed by atoms with van der Waals surface area (Å²) < 4.78 is 1.73. The van der Waals surface area contributed by atoms with Crippen molar-refractivity contribution in [3.63, 3.8) is 0 Å². The van der Waals surface area contributed by atoms with Gasteiger partial charge in [-0.15, -0.1) is 0 Å². The number of carboxylic acid groups (broad SMARTS) is 1. The van der Waals surface area contributed by atoms with Crippen molar-refractivity contribution in [3.8, 4) is 16.9 Å². The molecule has 2 heterocycles. The average Bonchev–Trinajstić information content (AvgIpc) is 3.29. The SMILES string of the molecule is O=C(O)C1Cc2ccccc2CN1C(=O)c1cc(-c2ccccc2)n(-c2ccccc2)n1. The van der Waals surface area contributed by atoms with E-state index in [1.54, 1.807) is 10.7 Å². The van der Waals surface area contributed by atoms with E-state index in [1.807, 2.05) is 84.9 Å². The maximum Gasteiger partial charge on any atom is 0.326 e. The van der Waals surface area contributed by atoms with Gasteiger partial charge in [-0.2, -0.15) is 5.10 Å². The van der Waals surface area contributed by atoms with Crippen LogP contribution in [-0.2, 0) is 17.8 Å². The number of benzene rings is 3. The Kier molecular flexibility index (Phi) is 5.03. The van der Waals surface area contributed by atoms with Gasteiger partial charge in [0, 0.05) is 18.5 Å². The van der Waals surface area contributed by atoms with Crippen molar-refractivity contribution in [2.24, 2.45) is 0 Å². The molecule has 1 unspecified atom stereocenters. The fourth-order valence-corrected chi connectivity index (χ4v) is 4.17. The number of hydrogen-bond acceptors (Lipinski definition) is 3. The highest BCUT2D eigenvalue weighted by Gasteiger charge is 2.36. The topological polar surface area (TPSA) is 75.4 Å². The molecule has 1 N–H and O–H groups in total. The van der Waals surface area contributed by atoms with Crippen molar-refractivity contribution in [1.29, 1.82) is 0 Å². The average molecular weight is 423 g/mol. The molecule has 0 fully saturated rings. The van der Waals surface area contributed by atoms with E-state index < -0.39 is 17.9 Å². The summed E-state index contributed by atoms with van der Waals surface area (Å²) in [6, 6.07) is 27.8. The first kappa shape index (κ1) is 19.8. The van der Waals surface area contributed by atoms with Crippen LogP contribution in [0.1, 0.15) is 21.6 Å². The van der Waals surface area contributed by atoms with Crippen LogP contribution in [0.15, 0.2) is 91.0 Å². The molecule has 1 aliphatic heterocycles. The zero-order valence-corrected chi connectivity index (χ0v) is 17.3. The molecule has 0 saturated carbocycles. The summed E-state index contributed by atoms with van der Waals surface area (Å²) >= 11 is 0. The number of aliphatic carboxylic acids is 1. The van der Waals surface area contributed by atoms with Crippen LogP contribution in [0, 0.1) is 0 Å². The number of para-hydroxylation sites is 1. The van der Waals surface area contributed by atoms with Gasteiger partial charge in [0.25, 0.3) is 5.91 Å². The van der Waals surface area contributed by atoms with Crippen molar-refractivity contribution in [2.45, 2.75) is 19.0 Å². The number of hydrogen-bond donors (Lipinski definition) is 1. The van der Waals surface area contributed by atoms with Crippen molar-refractivity contribution in [1.82, 2.24) is 14.7 Å². The summed E-state index contributed by atoms with van der Waals surface area (Å²) in [4.78, 5) is 27.0. The highest BCUT2D eigenvalue weighted by Crippen LogP contribution is 2.28. The highest BCUT2D eigenvalue weighted by molar-refractivity contribution is 5.96. The summed E-state index contributed by atoms with van der Waals surface area (Å²) in [6.07, 6.45) is 0.280. The minimum atomic E-state index is -1.02. The zero-order valence-electron chi connectivity index (χ0n) is 17.3.